The number of hydrogen-bond donors (Lipinski definition) is 2. The highest BCUT2D eigenvalue weighted by Crippen LogP contribution is 2.17. The van der Waals surface area contributed by atoms with Crippen LogP contribution in [0.5, 0.6) is 0 Å². The van der Waals surface area contributed by atoms with E-state index in [1.54, 1.807) is 23.5 Å². The molecule has 2 N–H and O–H groups in total. The first-order valence-electron chi connectivity index (χ1n) is 7.55. The Bertz CT molecular complexity index is 865. The summed E-state index contributed by atoms with van der Waals surface area (Å²) in [6, 6.07) is 13.4. The van der Waals surface area contributed by atoms with E-state index in [9.17, 15) is 4.79 Å². The summed E-state index contributed by atoms with van der Waals surface area (Å²) in [7, 11) is 0. The first kappa shape index (κ1) is 17.2. The Hall–Kier alpha value is -2.63. The summed E-state index contributed by atoms with van der Waals surface area (Å²) in [6.45, 7) is 0. The standard InChI is InChI=1S/C17H15N5OS2/c18-8-7-12-3-5-13(6-4-12)19-16(23)11-25-17-20-15(21-22-17)10-14-2-1-9-24-14/h1-6,9H,7,10-11H2,(H,19,23)(H,20,21,22). The summed E-state index contributed by atoms with van der Waals surface area (Å²) < 4.78 is 0. The predicted molar refractivity (Wildman–Crippen MR) is 98.6 cm³/mol. The normalized spacial score (nSPS) is 10.4. The van der Waals surface area contributed by atoms with Crippen LogP contribution in [0.2, 0.25) is 0 Å². The van der Waals surface area contributed by atoms with E-state index in [1.807, 2.05) is 23.6 Å². The van der Waals surface area contributed by atoms with Crippen LogP contribution in [0.3, 0.4) is 0 Å². The number of nitrogens with one attached hydrogen (secondary N) is 2. The van der Waals surface area contributed by atoms with Crippen molar-refractivity contribution in [2.45, 2.75) is 18.0 Å². The smallest absolute Gasteiger partial charge is 0.234 e. The summed E-state index contributed by atoms with van der Waals surface area (Å²) in [5.41, 5.74) is 1.63. The molecule has 0 saturated heterocycles. The van der Waals surface area contributed by atoms with Gasteiger partial charge in [0.25, 0.3) is 0 Å². The van der Waals surface area contributed by atoms with Gasteiger partial charge in [0.1, 0.15) is 5.82 Å². The van der Waals surface area contributed by atoms with Crippen molar-refractivity contribution in [1.82, 2.24) is 15.2 Å². The molecule has 0 radical (unpaired) electrons. The number of hydrogen-bond acceptors (Lipinski definition) is 6. The topological polar surface area (TPSA) is 94.5 Å². The number of benzene rings is 1. The molecular formula is C17H15N5OS2. The fraction of sp³-hybridized carbons (Fsp3) is 0.176. The number of nitriles is 1. The fourth-order valence-corrected chi connectivity index (χ4v) is 3.45. The van der Waals surface area contributed by atoms with E-state index in [1.165, 1.54) is 16.6 Å². The minimum atomic E-state index is -0.123. The van der Waals surface area contributed by atoms with E-state index in [4.69, 9.17) is 5.26 Å². The van der Waals surface area contributed by atoms with Crippen LogP contribution in [-0.4, -0.2) is 26.8 Å². The summed E-state index contributed by atoms with van der Waals surface area (Å²) in [6.07, 6.45) is 1.08. The van der Waals surface area contributed by atoms with Crippen LogP contribution in [0.25, 0.3) is 0 Å². The molecule has 6 nitrogen and oxygen atoms in total. The minimum absolute atomic E-state index is 0.123. The third-order valence-corrected chi connectivity index (χ3v) is 5.01. The lowest BCUT2D eigenvalue weighted by atomic mass is 10.1. The maximum Gasteiger partial charge on any atom is 0.234 e. The van der Waals surface area contributed by atoms with Gasteiger partial charge in [-0.1, -0.05) is 30.0 Å². The lowest BCUT2D eigenvalue weighted by Gasteiger charge is -2.04. The highest BCUT2D eigenvalue weighted by Gasteiger charge is 2.09. The second-order valence-corrected chi connectivity index (χ2v) is 7.16. The zero-order valence-corrected chi connectivity index (χ0v) is 14.9. The number of rotatable bonds is 7. The number of carbonyl (C=O) groups is 1. The molecule has 25 heavy (non-hydrogen) atoms. The summed E-state index contributed by atoms with van der Waals surface area (Å²) in [5.74, 6) is 0.900. The van der Waals surface area contributed by atoms with E-state index >= 15 is 0 Å². The maximum atomic E-state index is 12.0. The molecule has 0 saturated carbocycles. The number of nitrogens with zero attached hydrogens (tertiary/aromatic N) is 3. The average molecular weight is 369 g/mol. The Morgan fingerprint density at radius 3 is 2.88 bits per heavy atom. The lowest BCUT2D eigenvalue weighted by Crippen LogP contribution is -2.14. The van der Waals surface area contributed by atoms with Gasteiger partial charge in [0, 0.05) is 17.0 Å². The number of anilines is 1. The second-order valence-electron chi connectivity index (χ2n) is 5.19. The van der Waals surface area contributed by atoms with Gasteiger partial charge in [0.15, 0.2) is 0 Å². The third kappa shape index (κ3) is 5.17. The molecule has 126 valence electrons. The van der Waals surface area contributed by atoms with Gasteiger partial charge in [-0.25, -0.2) is 4.98 Å². The van der Waals surface area contributed by atoms with Crippen LogP contribution in [0.4, 0.5) is 5.69 Å². The summed E-state index contributed by atoms with van der Waals surface area (Å²) >= 11 is 2.96. The van der Waals surface area contributed by atoms with Gasteiger partial charge in [-0.3, -0.25) is 9.89 Å². The van der Waals surface area contributed by atoms with E-state index in [-0.39, 0.29) is 11.7 Å². The van der Waals surface area contributed by atoms with E-state index in [2.05, 4.69) is 32.6 Å². The maximum absolute atomic E-state index is 12.0. The van der Waals surface area contributed by atoms with E-state index < -0.39 is 0 Å². The minimum Gasteiger partial charge on any atom is -0.325 e. The summed E-state index contributed by atoms with van der Waals surface area (Å²) in [4.78, 5) is 17.6. The van der Waals surface area contributed by atoms with Gasteiger partial charge in [-0.15, -0.1) is 16.4 Å². The number of thioether (sulfide) groups is 1. The molecule has 0 aliphatic rings. The zero-order chi connectivity index (χ0) is 17.5. The fourth-order valence-electron chi connectivity index (χ4n) is 2.12. The van der Waals surface area contributed by atoms with Gasteiger partial charge < -0.3 is 5.32 Å². The molecule has 1 amide bonds. The number of H-pyrrole nitrogens is 1. The number of aromatic amines is 1. The van der Waals surface area contributed by atoms with Crippen molar-refractivity contribution in [3.8, 4) is 6.07 Å². The van der Waals surface area contributed by atoms with Gasteiger partial charge in [0.2, 0.25) is 11.1 Å². The van der Waals surface area contributed by atoms with Crippen LogP contribution >= 0.6 is 23.1 Å². The zero-order valence-electron chi connectivity index (χ0n) is 13.2. The molecular weight excluding hydrogens is 354 g/mol. The Labute approximate surface area is 153 Å². The van der Waals surface area contributed by atoms with E-state index in [0.717, 1.165) is 11.4 Å². The van der Waals surface area contributed by atoms with Gasteiger partial charge >= 0.3 is 0 Å². The van der Waals surface area contributed by atoms with Gasteiger partial charge in [-0.05, 0) is 29.1 Å². The first-order valence-corrected chi connectivity index (χ1v) is 9.41. The van der Waals surface area contributed by atoms with Crippen LogP contribution in [0.15, 0.2) is 46.9 Å². The highest BCUT2D eigenvalue weighted by molar-refractivity contribution is 7.99. The molecule has 2 heterocycles. The third-order valence-electron chi connectivity index (χ3n) is 3.29. The molecule has 0 spiro atoms. The Balaban J connectivity index is 1.47. The van der Waals surface area contributed by atoms with Crippen molar-refractivity contribution in [2.24, 2.45) is 0 Å². The molecule has 8 heteroatoms. The van der Waals surface area contributed by atoms with Crippen LogP contribution < -0.4 is 5.32 Å². The number of amides is 1. The number of aromatic nitrogens is 3. The molecule has 0 aliphatic heterocycles. The van der Waals surface area contributed by atoms with Gasteiger partial charge in [0.05, 0.1) is 18.2 Å². The molecule has 0 unspecified atom stereocenters. The molecule has 2 aromatic heterocycles. The van der Waals surface area contributed by atoms with Crippen LogP contribution in [0, 0.1) is 11.3 Å². The van der Waals surface area contributed by atoms with E-state index in [0.29, 0.717) is 23.7 Å². The quantitative estimate of drug-likeness (QED) is 0.624. The van der Waals surface area contributed by atoms with Crippen molar-refractivity contribution in [2.75, 3.05) is 11.1 Å². The van der Waals surface area contributed by atoms with Crippen LogP contribution in [-0.2, 0) is 17.6 Å². The van der Waals surface area contributed by atoms with Crippen LogP contribution in [0.1, 0.15) is 16.3 Å². The Kier molecular flexibility index (Phi) is 5.82. The monoisotopic (exact) mass is 369 g/mol. The summed E-state index contributed by atoms with van der Waals surface area (Å²) in [5, 5.41) is 21.1. The van der Waals surface area contributed by atoms with Crippen molar-refractivity contribution in [3.05, 3.63) is 58.0 Å². The number of thiophene rings is 1. The lowest BCUT2D eigenvalue weighted by molar-refractivity contribution is -0.113. The SMILES string of the molecule is N#CCc1ccc(NC(=O)CSc2n[nH]c(Cc3cccs3)n2)cc1. The molecule has 0 fully saturated rings. The molecule has 0 atom stereocenters. The first-order chi connectivity index (χ1) is 12.2. The molecule has 3 rings (SSSR count). The Morgan fingerprint density at radius 1 is 1.32 bits per heavy atom. The molecule has 0 aliphatic carbocycles. The predicted octanol–water partition coefficient (Wildman–Crippen LogP) is 3.25. The molecule has 3 aromatic rings. The number of carbonyl (C=O) groups excluding carboxylic acids is 1. The molecule has 0 bridgehead atoms. The van der Waals surface area contributed by atoms with Crippen molar-refractivity contribution in [1.29, 1.82) is 5.26 Å². The molecule has 1 aromatic carbocycles. The average Bonchev–Trinajstić information content (AvgIpc) is 3.28. The largest absolute Gasteiger partial charge is 0.325 e. The van der Waals surface area contributed by atoms with Crippen molar-refractivity contribution < 1.29 is 4.79 Å². The second kappa shape index (κ2) is 8.46. The van der Waals surface area contributed by atoms with Crippen molar-refractivity contribution in [3.63, 3.8) is 0 Å². The Morgan fingerprint density at radius 2 is 2.16 bits per heavy atom. The van der Waals surface area contributed by atoms with Crippen molar-refractivity contribution >= 4 is 34.7 Å². The van der Waals surface area contributed by atoms with Gasteiger partial charge in [-0.2, -0.15) is 5.26 Å². The highest BCUT2D eigenvalue weighted by atomic mass is 32.2.